The zero-order chi connectivity index (χ0) is 19.0. The third-order valence-electron chi connectivity index (χ3n) is 4.86. The van der Waals surface area contributed by atoms with Crippen molar-refractivity contribution in [3.05, 3.63) is 53.7 Å². The second-order valence-electron chi connectivity index (χ2n) is 6.73. The van der Waals surface area contributed by atoms with Gasteiger partial charge in [0.1, 0.15) is 6.07 Å². The van der Waals surface area contributed by atoms with Gasteiger partial charge in [0.05, 0.1) is 11.2 Å². The van der Waals surface area contributed by atoms with Crippen LogP contribution in [0.2, 0.25) is 0 Å². The molecular formula is C20H17N4O2S-. The Morgan fingerprint density at radius 2 is 1.89 bits per heavy atom. The summed E-state index contributed by atoms with van der Waals surface area (Å²) in [4.78, 5) is 2.13. The highest BCUT2D eigenvalue weighted by atomic mass is 32.2. The number of aromatic nitrogens is 2. The van der Waals surface area contributed by atoms with E-state index in [1.54, 1.807) is 0 Å². The number of hydrogen-bond acceptors (Lipinski definition) is 6. The average Bonchev–Trinajstić information content (AvgIpc) is 3.51. The average molecular weight is 377 g/mol. The maximum atomic E-state index is 10.8. The molecule has 0 radical (unpaired) electrons. The van der Waals surface area contributed by atoms with Crippen molar-refractivity contribution in [3.63, 3.8) is 0 Å². The highest BCUT2D eigenvalue weighted by Crippen LogP contribution is 2.36. The predicted molar refractivity (Wildman–Crippen MR) is 104 cm³/mol. The molecule has 1 aliphatic rings. The van der Waals surface area contributed by atoms with Crippen LogP contribution in [-0.2, 0) is 16.8 Å². The minimum Gasteiger partial charge on any atom is -0.772 e. The van der Waals surface area contributed by atoms with Crippen LogP contribution >= 0.6 is 0 Å². The zero-order valence-electron chi connectivity index (χ0n) is 14.8. The summed E-state index contributed by atoms with van der Waals surface area (Å²) in [6.07, 6.45) is 2.26. The third-order valence-corrected chi connectivity index (χ3v) is 5.43. The van der Waals surface area contributed by atoms with E-state index in [4.69, 9.17) is 0 Å². The molecule has 2 aromatic carbocycles. The van der Waals surface area contributed by atoms with Gasteiger partial charge in [0.25, 0.3) is 0 Å². The lowest BCUT2D eigenvalue weighted by Crippen LogP contribution is -2.21. The summed E-state index contributed by atoms with van der Waals surface area (Å²) in [6.45, 7) is 0. The third kappa shape index (κ3) is 3.54. The molecule has 0 aliphatic heterocycles. The zero-order valence-corrected chi connectivity index (χ0v) is 15.6. The molecular weight excluding hydrogens is 360 g/mol. The molecule has 0 bridgehead atoms. The molecule has 1 saturated carbocycles. The number of nitrogens with zero attached hydrogens (tertiary/aromatic N) is 4. The molecule has 0 saturated heterocycles. The smallest absolute Gasteiger partial charge is 0.186 e. The van der Waals surface area contributed by atoms with Crippen molar-refractivity contribution in [1.82, 2.24) is 10.2 Å². The Hall–Kier alpha value is -2.82. The fourth-order valence-corrected chi connectivity index (χ4v) is 3.74. The van der Waals surface area contributed by atoms with E-state index in [2.05, 4.69) is 21.2 Å². The van der Waals surface area contributed by atoms with E-state index in [1.165, 1.54) is 0 Å². The second kappa shape index (κ2) is 7.06. The first-order valence-corrected chi connectivity index (χ1v) is 9.90. The quantitative estimate of drug-likeness (QED) is 0.634. The van der Waals surface area contributed by atoms with E-state index in [-0.39, 0.29) is 5.75 Å². The van der Waals surface area contributed by atoms with Gasteiger partial charge in [-0.3, -0.25) is 4.21 Å². The van der Waals surface area contributed by atoms with Gasteiger partial charge in [-0.15, -0.1) is 10.2 Å². The van der Waals surface area contributed by atoms with Crippen molar-refractivity contribution in [3.8, 4) is 17.2 Å². The van der Waals surface area contributed by atoms with Crippen LogP contribution in [0.4, 0.5) is 5.69 Å². The van der Waals surface area contributed by atoms with Gasteiger partial charge in [0.15, 0.2) is 5.69 Å². The number of fused-ring (bicyclic) bond motifs is 1. The highest BCUT2D eigenvalue weighted by Gasteiger charge is 2.29. The van der Waals surface area contributed by atoms with Gasteiger partial charge in [-0.1, -0.05) is 41.4 Å². The van der Waals surface area contributed by atoms with Crippen LogP contribution in [0.5, 0.6) is 0 Å². The molecule has 1 aromatic heterocycles. The van der Waals surface area contributed by atoms with Crippen LogP contribution in [0.1, 0.15) is 24.1 Å². The van der Waals surface area contributed by atoms with Gasteiger partial charge in [0, 0.05) is 24.2 Å². The van der Waals surface area contributed by atoms with Crippen molar-refractivity contribution in [2.75, 3.05) is 11.9 Å². The number of hydrogen-bond donors (Lipinski definition) is 0. The van der Waals surface area contributed by atoms with Gasteiger partial charge in [-0.05, 0) is 41.7 Å². The van der Waals surface area contributed by atoms with Crippen molar-refractivity contribution in [2.24, 2.45) is 0 Å². The van der Waals surface area contributed by atoms with E-state index in [0.717, 1.165) is 46.1 Å². The van der Waals surface area contributed by atoms with Crippen LogP contribution < -0.4 is 4.90 Å². The number of benzene rings is 2. The van der Waals surface area contributed by atoms with Crippen molar-refractivity contribution >= 4 is 27.7 Å². The van der Waals surface area contributed by atoms with Crippen LogP contribution in [0.25, 0.3) is 22.0 Å². The molecule has 0 N–H and O–H groups in total. The van der Waals surface area contributed by atoms with Crippen LogP contribution in [0.15, 0.2) is 42.5 Å². The Morgan fingerprint density at radius 1 is 1.19 bits per heavy atom. The molecule has 1 unspecified atom stereocenters. The van der Waals surface area contributed by atoms with Crippen LogP contribution in [0, 0.1) is 11.3 Å². The Kier molecular flexibility index (Phi) is 4.60. The largest absolute Gasteiger partial charge is 0.772 e. The fourth-order valence-electron chi connectivity index (χ4n) is 3.28. The molecule has 1 heterocycles. The molecule has 27 heavy (non-hydrogen) atoms. The molecule has 0 amide bonds. The molecule has 4 rings (SSSR count). The summed E-state index contributed by atoms with van der Waals surface area (Å²) in [7, 11) is 2.00. The molecule has 7 heteroatoms. The van der Waals surface area contributed by atoms with Crippen LogP contribution in [0.3, 0.4) is 0 Å². The lowest BCUT2D eigenvalue weighted by Gasteiger charge is -2.21. The van der Waals surface area contributed by atoms with E-state index < -0.39 is 11.1 Å². The Balaban J connectivity index is 1.74. The summed E-state index contributed by atoms with van der Waals surface area (Å²) in [5.74, 6) is 0.0112. The van der Waals surface area contributed by atoms with E-state index in [9.17, 15) is 14.0 Å². The highest BCUT2D eigenvalue weighted by molar-refractivity contribution is 7.78. The van der Waals surface area contributed by atoms with Gasteiger partial charge < -0.3 is 9.45 Å². The first-order valence-electron chi connectivity index (χ1n) is 8.65. The first-order chi connectivity index (χ1) is 13.1. The predicted octanol–water partition coefficient (Wildman–Crippen LogP) is 3.15. The van der Waals surface area contributed by atoms with Gasteiger partial charge in [0.2, 0.25) is 0 Å². The minimum atomic E-state index is -2.09. The summed E-state index contributed by atoms with van der Waals surface area (Å²) < 4.78 is 21.6. The monoisotopic (exact) mass is 377 g/mol. The van der Waals surface area contributed by atoms with Crippen molar-refractivity contribution in [1.29, 1.82) is 5.26 Å². The first kappa shape index (κ1) is 17.6. The lowest BCUT2D eigenvalue weighted by atomic mass is 10.0. The molecule has 0 spiro atoms. The normalized spacial score (nSPS) is 14.7. The molecule has 3 aromatic rings. The summed E-state index contributed by atoms with van der Waals surface area (Å²) in [5, 5.41) is 18.7. The Labute approximate surface area is 159 Å². The van der Waals surface area contributed by atoms with E-state index >= 15 is 0 Å². The minimum absolute atomic E-state index is 0.0112. The molecule has 1 aliphatic carbocycles. The number of rotatable bonds is 5. The van der Waals surface area contributed by atoms with Gasteiger partial charge in [-0.25, -0.2) is 0 Å². The summed E-state index contributed by atoms with van der Waals surface area (Å²) in [5.41, 5.74) is 4.61. The Morgan fingerprint density at radius 3 is 2.52 bits per heavy atom. The fraction of sp³-hybridized carbons (Fsp3) is 0.250. The molecule has 1 fully saturated rings. The van der Waals surface area contributed by atoms with Gasteiger partial charge >= 0.3 is 0 Å². The standard InChI is InChI=1S/C20H18N4O2S/c1-24(16-7-8-16)20-17-9-6-15(10-18(17)22-23-19(20)11-21)14-4-2-13(3-5-14)12-27(25)26/h2-6,9-10,16H,7-8,12H2,1H3,(H,25,26)/p-1. The van der Waals surface area contributed by atoms with Crippen LogP contribution in [-0.4, -0.2) is 32.0 Å². The van der Waals surface area contributed by atoms with Crippen molar-refractivity contribution < 1.29 is 8.76 Å². The number of nitriles is 1. The second-order valence-corrected chi connectivity index (χ2v) is 7.62. The maximum absolute atomic E-state index is 10.8. The molecule has 1 atom stereocenters. The van der Waals surface area contributed by atoms with Gasteiger partial charge in [-0.2, -0.15) is 5.26 Å². The summed E-state index contributed by atoms with van der Waals surface area (Å²) >= 11 is -2.09. The number of anilines is 1. The lowest BCUT2D eigenvalue weighted by molar-refractivity contribution is 0.536. The van der Waals surface area contributed by atoms with Crippen molar-refractivity contribution in [2.45, 2.75) is 24.6 Å². The Bertz CT molecular complexity index is 1070. The topological polar surface area (TPSA) is 92.9 Å². The van der Waals surface area contributed by atoms with E-state index in [0.29, 0.717) is 11.7 Å². The van der Waals surface area contributed by atoms with E-state index in [1.807, 2.05) is 49.5 Å². The molecule has 136 valence electrons. The maximum Gasteiger partial charge on any atom is 0.186 e. The summed E-state index contributed by atoms with van der Waals surface area (Å²) in [6, 6.07) is 16.0. The molecule has 6 nitrogen and oxygen atoms in total. The SMILES string of the molecule is CN(c1c(C#N)nnc2cc(-c3ccc(CS(=O)[O-])cc3)ccc12)C1CC1.